The van der Waals surface area contributed by atoms with E-state index < -0.39 is 17.3 Å². The Labute approximate surface area is 195 Å². The van der Waals surface area contributed by atoms with Gasteiger partial charge in [0.25, 0.3) is 0 Å². The van der Waals surface area contributed by atoms with Crippen molar-refractivity contribution in [3.05, 3.63) is 82.9 Å². The minimum Gasteiger partial charge on any atom is -0.327 e. The van der Waals surface area contributed by atoms with Gasteiger partial charge in [0.15, 0.2) is 5.41 Å². The second-order valence-corrected chi connectivity index (χ2v) is 9.44. The first-order valence-corrected chi connectivity index (χ1v) is 11.4. The predicted octanol–water partition coefficient (Wildman–Crippen LogP) is 3.74. The fourth-order valence-corrected chi connectivity index (χ4v) is 5.45. The zero-order valence-corrected chi connectivity index (χ0v) is 19.0. The van der Waals surface area contributed by atoms with Gasteiger partial charge in [-0.25, -0.2) is 0 Å². The summed E-state index contributed by atoms with van der Waals surface area (Å²) in [5.74, 6) is -1.08. The second-order valence-electron chi connectivity index (χ2n) is 9.44. The molecule has 0 spiro atoms. The summed E-state index contributed by atoms with van der Waals surface area (Å²) in [4.78, 5) is 1.33. The lowest BCUT2D eigenvalue weighted by molar-refractivity contribution is -0.913. The van der Waals surface area contributed by atoms with Gasteiger partial charge in [-0.05, 0) is 28.7 Å². The first-order valence-electron chi connectivity index (χ1n) is 11.4. The minimum absolute atomic E-state index is 0.0815. The van der Waals surface area contributed by atoms with Crippen molar-refractivity contribution in [3.8, 4) is 18.2 Å². The van der Waals surface area contributed by atoms with Crippen LogP contribution in [0.25, 0.3) is 0 Å². The summed E-state index contributed by atoms with van der Waals surface area (Å²) in [6.07, 6.45) is 2.09. The van der Waals surface area contributed by atoms with E-state index >= 15 is 0 Å². The maximum Gasteiger partial charge on any atom is 0.189 e. The van der Waals surface area contributed by atoms with Crippen molar-refractivity contribution in [2.45, 2.75) is 32.2 Å². The molecule has 0 bridgehead atoms. The molecule has 0 amide bonds. The number of rotatable bonds is 4. The van der Waals surface area contributed by atoms with Crippen LogP contribution in [0.4, 0.5) is 0 Å². The molecule has 1 heterocycles. The van der Waals surface area contributed by atoms with Gasteiger partial charge in [0.05, 0.1) is 37.0 Å². The van der Waals surface area contributed by atoms with Gasteiger partial charge < -0.3 is 10.3 Å². The Morgan fingerprint density at radius 1 is 1.03 bits per heavy atom. The zero-order chi connectivity index (χ0) is 23.6. The molecule has 1 aliphatic heterocycles. The van der Waals surface area contributed by atoms with E-state index in [0.29, 0.717) is 12.5 Å². The third-order valence-electron chi connectivity index (χ3n) is 7.22. The largest absolute Gasteiger partial charge is 0.327 e. The molecule has 2 aromatic carbocycles. The summed E-state index contributed by atoms with van der Waals surface area (Å²) in [5, 5.41) is 39.2. The summed E-state index contributed by atoms with van der Waals surface area (Å²) in [6.45, 7) is 6.57. The van der Waals surface area contributed by atoms with Crippen LogP contribution in [0.2, 0.25) is 0 Å². The van der Waals surface area contributed by atoms with Crippen molar-refractivity contribution >= 4 is 5.71 Å². The average molecular weight is 435 g/mol. The van der Waals surface area contributed by atoms with Gasteiger partial charge in [-0.2, -0.15) is 15.8 Å². The molecule has 5 heteroatoms. The van der Waals surface area contributed by atoms with Gasteiger partial charge in [0, 0.05) is 17.4 Å². The second kappa shape index (κ2) is 9.03. The molecule has 2 aromatic rings. The van der Waals surface area contributed by atoms with Crippen LogP contribution in [0.5, 0.6) is 0 Å². The van der Waals surface area contributed by atoms with Crippen LogP contribution in [0.3, 0.4) is 0 Å². The number of hydrogen-bond acceptors (Lipinski definition) is 4. The quantitative estimate of drug-likeness (QED) is 0.717. The smallest absolute Gasteiger partial charge is 0.189 e. The van der Waals surface area contributed by atoms with Crippen LogP contribution in [-0.4, -0.2) is 18.8 Å². The van der Waals surface area contributed by atoms with Crippen molar-refractivity contribution in [3.63, 3.8) is 0 Å². The van der Waals surface area contributed by atoms with E-state index in [4.69, 9.17) is 5.41 Å². The summed E-state index contributed by atoms with van der Waals surface area (Å²) in [6, 6.07) is 25.0. The molecule has 0 radical (unpaired) electrons. The Morgan fingerprint density at radius 2 is 1.70 bits per heavy atom. The summed E-state index contributed by atoms with van der Waals surface area (Å²) >= 11 is 0. The predicted molar refractivity (Wildman–Crippen MR) is 126 cm³/mol. The Morgan fingerprint density at radius 3 is 2.27 bits per heavy atom. The molecule has 1 saturated carbocycles. The van der Waals surface area contributed by atoms with Crippen molar-refractivity contribution in [2.75, 3.05) is 13.1 Å². The van der Waals surface area contributed by atoms with E-state index in [-0.39, 0.29) is 11.6 Å². The highest BCUT2D eigenvalue weighted by Gasteiger charge is 2.58. The molecule has 1 fully saturated rings. The van der Waals surface area contributed by atoms with Crippen molar-refractivity contribution in [1.29, 1.82) is 21.2 Å². The summed E-state index contributed by atoms with van der Waals surface area (Å²) in [7, 11) is 0. The van der Waals surface area contributed by atoms with Crippen LogP contribution in [-0.2, 0) is 6.54 Å². The molecule has 5 nitrogen and oxygen atoms in total. The van der Waals surface area contributed by atoms with E-state index in [1.54, 1.807) is 0 Å². The Balaban J connectivity index is 1.80. The number of nitrogens with zero attached hydrogens (tertiary/aromatic N) is 3. The molecule has 0 aromatic heterocycles. The lowest BCUT2D eigenvalue weighted by Gasteiger charge is -2.46. The van der Waals surface area contributed by atoms with Crippen LogP contribution in [0.15, 0.2) is 66.2 Å². The fourth-order valence-electron chi connectivity index (χ4n) is 5.45. The minimum atomic E-state index is -1.66. The molecule has 1 unspecified atom stereocenters. The van der Waals surface area contributed by atoms with Gasteiger partial charge >= 0.3 is 0 Å². The molecule has 164 valence electrons. The van der Waals surface area contributed by atoms with E-state index in [1.807, 2.05) is 30.3 Å². The van der Waals surface area contributed by atoms with Crippen molar-refractivity contribution < 1.29 is 4.90 Å². The van der Waals surface area contributed by atoms with Crippen LogP contribution in [0, 0.1) is 56.7 Å². The SMILES string of the molecule is CC(C)c1ccc([C@H]2[C@H]3C[NH+](Cc4ccccc4)CC=C3[C@@H](C#N)C(=N)C2(C#N)C#N)cc1. The first kappa shape index (κ1) is 22.5. The van der Waals surface area contributed by atoms with Gasteiger partial charge in [-0.15, -0.1) is 0 Å². The lowest BCUT2D eigenvalue weighted by Crippen LogP contribution is -3.12. The maximum absolute atomic E-state index is 10.2. The molecule has 0 saturated heterocycles. The normalized spacial score (nSPS) is 25.8. The standard InChI is InChI=1S/C28H27N5/c1-19(2)21-8-10-22(11-9-21)26-25-16-33(15-20-6-4-3-5-7-20)13-12-23(25)24(14-29)27(32)28(26,17-30)18-31/h3-12,19,24-26,32H,13,15-16H2,1-2H3/p+1/t24-,25+,26+/m1/s1. The summed E-state index contributed by atoms with van der Waals surface area (Å²) < 4.78 is 0. The van der Waals surface area contributed by atoms with Crippen molar-refractivity contribution in [1.82, 2.24) is 0 Å². The zero-order valence-electron chi connectivity index (χ0n) is 19.0. The lowest BCUT2D eigenvalue weighted by atomic mass is 9.54. The molecule has 4 atom stereocenters. The number of quaternary nitrogens is 1. The molecule has 4 rings (SSSR count). The number of fused-ring (bicyclic) bond motifs is 1. The highest BCUT2D eigenvalue weighted by Crippen LogP contribution is 2.52. The monoisotopic (exact) mass is 434 g/mol. The van der Waals surface area contributed by atoms with Crippen LogP contribution < -0.4 is 4.90 Å². The molecule has 33 heavy (non-hydrogen) atoms. The first-order chi connectivity index (χ1) is 15.9. The average Bonchev–Trinajstić information content (AvgIpc) is 2.84. The molecule has 2 aliphatic rings. The Bertz CT molecular complexity index is 1170. The maximum atomic E-state index is 10.2. The van der Waals surface area contributed by atoms with Crippen molar-refractivity contribution in [2.24, 2.45) is 17.3 Å². The van der Waals surface area contributed by atoms with Gasteiger partial charge in [0.2, 0.25) is 0 Å². The molecular weight excluding hydrogens is 406 g/mol. The Kier molecular flexibility index (Phi) is 6.15. The van der Waals surface area contributed by atoms with Gasteiger partial charge in [0.1, 0.15) is 12.5 Å². The van der Waals surface area contributed by atoms with E-state index in [9.17, 15) is 15.8 Å². The highest BCUT2D eigenvalue weighted by molar-refractivity contribution is 6.00. The molecule has 1 aliphatic carbocycles. The number of hydrogen-bond donors (Lipinski definition) is 2. The Hall–Kier alpha value is -3.72. The van der Waals surface area contributed by atoms with Gasteiger partial charge in [-0.1, -0.05) is 68.4 Å². The molecular formula is C28H28N5+. The van der Waals surface area contributed by atoms with E-state index in [1.165, 1.54) is 16.0 Å². The van der Waals surface area contributed by atoms with Gasteiger partial charge in [-0.3, -0.25) is 0 Å². The topological polar surface area (TPSA) is 99.7 Å². The fraction of sp³-hybridized carbons (Fsp3) is 0.357. The van der Waals surface area contributed by atoms with Crippen LogP contribution in [0.1, 0.15) is 42.4 Å². The van der Waals surface area contributed by atoms with Crippen LogP contribution >= 0.6 is 0 Å². The summed E-state index contributed by atoms with van der Waals surface area (Å²) in [5.41, 5.74) is 2.47. The number of benzene rings is 2. The van der Waals surface area contributed by atoms with E-state index in [0.717, 1.165) is 24.2 Å². The number of nitrogens with one attached hydrogen (secondary N) is 2. The molecule has 2 N–H and O–H groups in total. The third kappa shape index (κ3) is 3.84. The highest BCUT2D eigenvalue weighted by atomic mass is 15.1. The number of nitriles is 3. The third-order valence-corrected chi connectivity index (χ3v) is 7.22. The van der Waals surface area contributed by atoms with E-state index in [2.05, 4.69) is 62.4 Å².